The molecule has 2 amide bonds. The Labute approximate surface area is 100 Å². The molecule has 0 saturated carbocycles. The molecule has 1 atom stereocenters. The summed E-state index contributed by atoms with van der Waals surface area (Å²) in [6, 6.07) is 8.23. The molecular weight excluding hydrogens is 216 g/mol. The topological polar surface area (TPSA) is 61.6 Å². The minimum atomic E-state index is 0.0654. The maximum atomic E-state index is 11.5. The molecule has 2 fully saturated rings. The number of urea groups is 1. The molecule has 0 spiro atoms. The van der Waals surface area contributed by atoms with Gasteiger partial charge in [-0.25, -0.2) is 4.79 Å². The summed E-state index contributed by atoms with van der Waals surface area (Å²) in [5.74, 6) is 0. The van der Waals surface area contributed by atoms with E-state index in [-0.39, 0.29) is 12.1 Å². The highest BCUT2D eigenvalue weighted by Gasteiger charge is 2.35. The number of hydrogen-bond donors (Lipinski definition) is 2. The van der Waals surface area contributed by atoms with E-state index in [4.69, 9.17) is 5.73 Å². The Hall–Kier alpha value is -1.91. The first-order valence-electron chi connectivity index (χ1n) is 5.89. The van der Waals surface area contributed by atoms with Crippen molar-refractivity contribution in [1.82, 2.24) is 10.2 Å². The summed E-state index contributed by atoms with van der Waals surface area (Å²) in [4.78, 5) is 15.7. The van der Waals surface area contributed by atoms with Crippen LogP contribution >= 0.6 is 0 Å². The van der Waals surface area contributed by atoms with Crippen LogP contribution in [0.15, 0.2) is 24.3 Å². The smallest absolute Gasteiger partial charge is 0.317 e. The van der Waals surface area contributed by atoms with E-state index in [2.05, 4.69) is 10.2 Å². The molecule has 5 nitrogen and oxygen atoms in total. The Bertz CT molecular complexity index is 448. The lowest BCUT2D eigenvalue weighted by Gasteiger charge is -2.38. The SMILES string of the molecule is Nc1ccccc1N1CCN2C(=O)NCC2C1. The highest BCUT2D eigenvalue weighted by molar-refractivity contribution is 5.78. The molecular formula is C12H16N4O. The van der Waals surface area contributed by atoms with E-state index in [1.54, 1.807) is 0 Å². The van der Waals surface area contributed by atoms with Crippen LogP contribution in [0.4, 0.5) is 16.2 Å². The molecule has 2 aliphatic rings. The second kappa shape index (κ2) is 3.84. The Morgan fingerprint density at radius 2 is 2.12 bits per heavy atom. The molecule has 90 valence electrons. The van der Waals surface area contributed by atoms with Gasteiger partial charge in [-0.3, -0.25) is 0 Å². The number of amides is 2. The third kappa shape index (κ3) is 1.67. The number of rotatable bonds is 1. The van der Waals surface area contributed by atoms with E-state index in [9.17, 15) is 4.79 Å². The van der Waals surface area contributed by atoms with Gasteiger partial charge in [-0.05, 0) is 12.1 Å². The fourth-order valence-electron chi connectivity index (χ4n) is 2.60. The van der Waals surface area contributed by atoms with Gasteiger partial charge in [0.05, 0.1) is 17.4 Å². The van der Waals surface area contributed by atoms with Gasteiger partial charge in [0.1, 0.15) is 0 Å². The molecule has 1 unspecified atom stereocenters. The van der Waals surface area contributed by atoms with Crippen LogP contribution in [0.3, 0.4) is 0 Å². The zero-order chi connectivity index (χ0) is 11.8. The number of nitrogens with one attached hydrogen (secondary N) is 1. The molecule has 17 heavy (non-hydrogen) atoms. The monoisotopic (exact) mass is 232 g/mol. The molecule has 3 N–H and O–H groups in total. The summed E-state index contributed by atoms with van der Waals surface area (Å²) in [5, 5.41) is 2.88. The number of fused-ring (bicyclic) bond motifs is 1. The first-order chi connectivity index (χ1) is 8.25. The van der Waals surface area contributed by atoms with Crippen LogP contribution in [0.2, 0.25) is 0 Å². The number of nitrogens with zero attached hydrogens (tertiary/aromatic N) is 2. The molecule has 0 aromatic heterocycles. The molecule has 2 saturated heterocycles. The lowest BCUT2D eigenvalue weighted by Crippen LogP contribution is -2.52. The van der Waals surface area contributed by atoms with E-state index >= 15 is 0 Å². The van der Waals surface area contributed by atoms with Crippen molar-refractivity contribution in [2.45, 2.75) is 6.04 Å². The van der Waals surface area contributed by atoms with Gasteiger partial charge in [-0.1, -0.05) is 12.1 Å². The van der Waals surface area contributed by atoms with Gasteiger partial charge in [-0.2, -0.15) is 0 Å². The second-order valence-electron chi connectivity index (χ2n) is 4.54. The quantitative estimate of drug-likeness (QED) is 0.692. The van der Waals surface area contributed by atoms with Gasteiger partial charge in [0.2, 0.25) is 0 Å². The number of anilines is 2. The molecule has 0 radical (unpaired) electrons. The van der Waals surface area contributed by atoms with Crippen molar-refractivity contribution in [2.75, 3.05) is 36.8 Å². The van der Waals surface area contributed by atoms with Crippen LogP contribution in [0.5, 0.6) is 0 Å². The minimum Gasteiger partial charge on any atom is -0.397 e. The molecule has 1 aromatic carbocycles. The van der Waals surface area contributed by atoms with Crippen molar-refractivity contribution >= 4 is 17.4 Å². The molecule has 1 aromatic rings. The van der Waals surface area contributed by atoms with Gasteiger partial charge in [0.25, 0.3) is 0 Å². The van der Waals surface area contributed by atoms with Crippen LogP contribution in [0.25, 0.3) is 0 Å². The molecule has 0 bridgehead atoms. The van der Waals surface area contributed by atoms with Gasteiger partial charge >= 0.3 is 6.03 Å². The van der Waals surface area contributed by atoms with Crippen molar-refractivity contribution in [3.05, 3.63) is 24.3 Å². The Morgan fingerprint density at radius 1 is 1.29 bits per heavy atom. The number of hydrogen-bond acceptors (Lipinski definition) is 3. The first-order valence-corrected chi connectivity index (χ1v) is 5.89. The third-order valence-corrected chi connectivity index (χ3v) is 3.51. The minimum absolute atomic E-state index is 0.0654. The number of nitrogens with two attached hydrogens (primary N) is 1. The largest absolute Gasteiger partial charge is 0.397 e. The molecule has 5 heteroatoms. The summed E-state index contributed by atoms with van der Waals surface area (Å²) in [7, 11) is 0. The summed E-state index contributed by atoms with van der Waals surface area (Å²) in [6.45, 7) is 3.21. The van der Waals surface area contributed by atoms with Gasteiger partial charge in [-0.15, -0.1) is 0 Å². The van der Waals surface area contributed by atoms with E-state index in [0.29, 0.717) is 0 Å². The average molecular weight is 232 g/mol. The maximum absolute atomic E-state index is 11.5. The van der Waals surface area contributed by atoms with Crippen LogP contribution < -0.4 is 16.0 Å². The zero-order valence-corrected chi connectivity index (χ0v) is 9.60. The number of carbonyl (C=O) groups excluding carboxylic acids is 1. The average Bonchev–Trinajstić information content (AvgIpc) is 2.71. The van der Waals surface area contributed by atoms with Crippen LogP contribution in [0, 0.1) is 0 Å². The van der Waals surface area contributed by atoms with Crippen molar-refractivity contribution in [1.29, 1.82) is 0 Å². The lowest BCUT2D eigenvalue weighted by atomic mass is 10.1. The molecule has 3 rings (SSSR count). The van der Waals surface area contributed by atoms with Crippen LogP contribution in [-0.2, 0) is 0 Å². The van der Waals surface area contributed by atoms with Gasteiger partial charge in [0.15, 0.2) is 0 Å². The highest BCUT2D eigenvalue weighted by atomic mass is 16.2. The molecule has 2 aliphatic heterocycles. The van der Waals surface area contributed by atoms with Gasteiger partial charge in [0, 0.05) is 26.2 Å². The van der Waals surface area contributed by atoms with E-state index in [1.807, 2.05) is 29.2 Å². The Kier molecular flexibility index (Phi) is 2.31. The maximum Gasteiger partial charge on any atom is 0.317 e. The predicted octanol–water partition coefficient (Wildman–Crippen LogP) is 0.483. The van der Waals surface area contributed by atoms with Gasteiger partial charge < -0.3 is 20.9 Å². The summed E-state index contributed by atoms with van der Waals surface area (Å²) in [5.41, 5.74) is 7.86. The zero-order valence-electron chi connectivity index (χ0n) is 9.60. The van der Waals surface area contributed by atoms with Crippen LogP contribution in [-0.4, -0.2) is 43.2 Å². The standard InChI is InChI=1S/C12H16N4O/c13-10-3-1-2-4-11(10)15-5-6-16-9(8-15)7-14-12(16)17/h1-4,9H,5-8,13H2,(H,14,17). The summed E-state index contributed by atoms with van der Waals surface area (Å²) < 4.78 is 0. The Morgan fingerprint density at radius 3 is 2.94 bits per heavy atom. The second-order valence-corrected chi connectivity index (χ2v) is 4.54. The van der Waals surface area contributed by atoms with E-state index in [0.717, 1.165) is 37.6 Å². The number of benzene rings is 1. The fraction of sp³-hybridized carbons (Fsp3) is 0.417. The predicted molar refractivity (Wildman–Crippen MR) is 67.0 cm³/mol. The van der Waals surface area contributed by atoms with Crippen LogP contribution in [0.1, 0.15) is 0 Å². The molecule has 0 aliphatic carbocycles. The van der Waals surface area contributed by atoms with E-state index < -0.39 is 0 Å². The number of nitrogen functional groups attached to an aromatic ring is 1. The van der Waals surface area contributed by atoms with Crippen molar-refractivity contribution in [2.24, 2.45) is 0 Å². The number of piperazine rings is 1. The summed E-state index contributed by atoms with van der Waals surface area (Å²) >= 11 is 0. The Balaban J connectivity index is 1.80. The normalized spacial score (nSPS) is 23.5. The highest BCUT2D eigenvalue weighted by Crippen LogP contribution is 2.26. The van der Waals surface area contributed by atoms with Crippen molar-refractivity contribution in [3.63, 3.8) is 0 Å². The first kappa shape index (κ1) is 10.3. The number of para-hydroxylation sites is 2. The van der Waals surface area contributed by atoms with Crippen molar-refractivity contribution in [3.8, 4) is 0 Å². The third-order valence-electron chi connectivity index (χ3n) is 3.51. The van der Waals surface area contributed by atoms with E-state index in [1.165, 1.54) is 0 Å². The lowest BCUT2D eigenvalue weighted by molar-refractivity contribution is 0.198. The molecule has 2 heterocycles. The van der Waals surface area contributed by atoms with Crippen molar-refractivity contribution < 1.29 is 4.79 Å². The summed E-state index contributed by atoms with van der Waals surface area (Å²) in [6.07, 6.45) is 0. The fourth-order valence-corrected chi connectivity index (χ4v) is 2.60. The number of carbonyl (C=O) groups is 1.